The molecule has 5 heteroatoms. The quantitative estimate of drug-likeness (QED) is 0.811. The number of carbonyl (C=O) groups is 2. The molecule has 2 heterocycles. The maximum atomic E-state index is 11.8. The van der Waals surface area contributed by atoms with Crippen molar-refractivity contribution in [3.63, 3.8) is 0 Å². The van der Waals surface area contributed by atoms with E-state index in [2.05, 4.69) is 5.10 Å². The first-order valence-electron chi connectivity index (χ1n) is 7.01. The summed E-state index contributed by atoms with van der Waals surface area (Å²) < 4.78 is 1.86. The minimum Gasteiger partial charge on any atom is -0.278 e. The second kappa shape index (κ2) is 5.16. The molecule has 1 aliphatic heterocycles. The first-order valence-corrected chi connectivity index (χ1v) is 7.01. The van der Waals surface area contributed by atoms with E-state index in [1.807, 2.05) is 48.9 Å². The predicted molar refractivity (Wildman–Crippen MR) is 77.8 cm³/mol. The van der Waals surface area contributed by atoms with E-state index in [1.165, 1.54) is 4.90 Å². The van der Waals surface area contributed by atoms with Gasteiger partial charge < -0.3 is 0 Å². The summed E-state index contributed by atoms with van der Waals surface area (Å²) in [6.45, 7) is 4.20. The van der Waals surface area contributed by atoms with Crippen LogP contribution in [0, 0.1) is 13.8 Å². The first kappa shape index (κ1) is 13.5. The standard InChI is InChI=1S/C16H17N3O2/c1-11-14(10-18-15(20)8-9-16(18)21)12(2)19(17-11)13-6-4-3-5-7-13/h3-7H,8-10H2,1-2H3. The van der Waals surface area contributed by atoms with Crippen LogP contribution in [-0.4, -0.2) is 26.5 Å². The zero-order chi connectivity index (χ0) is 15.0. The van der Waals surface area contributed by atoms with Gasteiger partial charge >= 0.3 is 0 Å². The van der Waals surface area contributed by atoms with Crippen LogP contribution < -0.4 is 0 Å². The Hall–Kier alpha value is -2.43. The van der Waals surface area contributed by atoms with Gasteiger partial charge in [0, 0.05) is 24.1 Å². The Balaban J connectivity index is 1.96. The number of rotatable bonds is 3. The van der Waals surface area contributed by atoms with Crippen molar-refractivity contribution >= 4 is 11.8 Å². The van der Waals surface area contributed by atoms with Gasteiger partial charge in [-0.15, -0.1) is 0 Å². The average Bonchev–Trinajstić information content (AvgIpc) is 2.95. The van der Waals surface area contributed by atoms with Crippen molar-refractivity contribution in [2.75, 3.05) is 0 Å². The average molecular weight is 283 g/mol. The van der Waals surface area contributed by atoms with Crippen LogP contribution in [0.3, 0.4) is 0 Å². The number of likely N-dealkylation sites (tertiary alicyclic amines) is 1. The molecule has 5 nitrogen and oxygen atoms in total. The second-order valence-electron chi connectivity index (χ2n) is 5.27. The molecule has 0 unspecified atom stereocenters. The Morgan fingerprint density at radius 1 is 1.05 bits per heavy atom. The molecule has 1 fully saturated rings. The van der Waals surface area contributed by atoms with Crippen LogP contribution in [0.5, 0.6) is 0 Å². The lowest BCUT2D eigenvalue weighted by atomic mass is 10.2. The summed E-state index contributed by atoms with van der Waals surface area (Å²) in [5.74, 6) is -0.183. The highest BCUT2D eigenvalue weighted by Gasteiger charge is 2.30. The number of hydrogen-bond donors (Lipinski definition) is 0. The zero-order valence-electron chi connectivity index (χ0n) is 12.2. The van der Waals surface area contributed by atoms with Crippen LogP contribution in [0.15, 0.2) is 30.3 Å². The van der Waals surface area contributed by atoms with E-state index in [0.29, 0.717) is 19.4 Å². The van der Waals surface area contributed by atoms with E-state index < -0.39 is 0 Å². The summed E-state index contributed by atoms with van der Waals surface area (Å²) in [7, 11) is 0. The zero-order valence-corrected chi connectivity index (χ0v) is 12.2. The number of benzene rings is 1. The van der Waals surface area contributed by atoms with E-state index in [-0.39, 0.29) is 11.8 Å². The monoisotopic (exact) mass is 283 g/mol. The number of hydrogen-bond acceptors (Lipinski definition) is 3. The molecular formula is C16H17N3O2. The van der Waals surface area contributed by atoms with Crippen molar-refractivity contribution in [1.82, 2.24) is 14.7 Å². The van der Waals surface area contributed by atoms with Crippen LogP contribution in [0.2, 0.25) is 0 Å². The highest BCUT2D eigenvalue weighted by molar-refractivity contribution is 6.01. The first-order chi connectivity index (χ1) is 10.1. The minimum atomic E-state index is -0.0914. The second-order valence-corrected chi connectivity index (χ2v) is 5.27. The van der Waals surface area contributed by atoms with Gasteiger partial charge in [-0.1, -0.05) is 18.2 Å². The van der Waals surface area contributed by atoms with Crippen molar-refractivity contribution in [3.8, 4) is 5.69 Å². The molecule has 0 radical (unpaired) electrons. The van der Waals surface area contributed by atoms with Gasteiger partial charge in [-0.2, -0.15) is 5.10 Å². The number of amides is 2. The van der Waals surface area contributed by atoms with E-state index in [0.717, 1.165) is 22.6 Å². The van der Waals surface area contributed by atoms with Crippen LogP contribution in [0.4, 0.5) is 0 Å². The summed E-state index contributed by atoms with van der Waals surface area (Å²) in [5, 5.41) is 4.54. The molecule has 0 bridgehead atoms. The maximum Gasteiger partial charge on any atom is 0.230 e. The maximum absolute atomic E-state index is 11.8. The van der Waals surface area contributed by atoms with E-state index in [1.54, 1.807) is 0 Å². The Kier molecular flexibility index (Phi) is 3.33. The molecule has 1 aliphatic rings. The SMILES string of the molecule is Cc1nn(-c2ccccc2)c(C)c1CN1C(=O)CCC1=O. The Bertz CT molecular complexity index is 688. The molecule has 2 aromatic rings. The predicted octanol–water partition coefficient (Wildman–Crippen LogP) is 2.14. The number of carbonyl (C=O) groups excluding carboxylic acids is 2. The Morgan fingerprint density at radius 3 is 2.29 bits per heavy atom. The van der Waals surface area contributed by atoms with Gasteiger partial charge in [0.15, 0.2) is 0 Å². The summed E-state index contributed by atoms with van der Waals surface area (Å²) in [5.41, 5.74) is 3.74. The van der Waals surface area contributed by atoms with Gasteiger partial charge in [-0.25, -0.2) is 4.68 Å². The number of nitrogens with zero attached hydrogens (tertiary/aromatic N) is 3. The lowest BCUT2D eigenvalue weighted by Crippen LogP contribution is -2.28. The molecule has 1 aromatic carbocycles. The number of aromatic nitrogens is 2. The third-order valence-corrected chi connectivity index (χ3v) is 3.91. The van der Waals surface area contributed by atoms with E-state index in [4.69, 9.17) is 0 Å². The summed E-state index contributed by atoms with van der Waals surface area (Å²) in [4.78, 5) is 24.9. The van der Waals surface area contributed by atoms with Gasteiger partial charge in [-0.3, -0.25) is 14.5 Å². The van der Waals surface area contributed by atoms with Crippen LogP contribution in [0.25, 0.3) is 5.69 Å². The van der Waals surface area contributed by atoms with Gasteiger partial charge in [0.05, 0.1) is 17.9 Å². The molecule has 3 rings (SSSR count). The van der Waals surface area contributed by atoms with Crippen molar-refractivity contribution in [3.05, 3.63) is 47.3 Å². The highest BCUT2D eigenvalue weighted by atomic mass is 16.2. The van der Waals surface area contributed by atoms with Gasteiger partial charge in [0.25, 0.3) is 0 Å². The lowest BCUT2D eigenvalue weighted by molar-refractivity contribution is -0.139. The van der Waals surface area contributed by atoms with Crippen molar-refractivity contribution < 1.29 is 9.59 Å². The molecule has 2 amide bonds. The van der Waals surface area contributed by atoms with Gasteiger partial charge in [0.2, 0.25) is 11.8 Å². The number of aryl methyl sites for hydroxylation is 1. The minimum absolute atomic E-state index is 0.0914. The molecule has 108 valence electrons. The summed E-state index contributed by atoms with van der Waals surface area (Å²) in [6.07, 6.45) is 0.646. The van der Waals surface area contributed by atoms with Crippen molar-refractivity contribution in [2.24, 2.45) is 0 Å². The topological polar surface area (TPSA) is 55.2 Å². The molecule has 0 saturated carbocycles. The highest BCUT2D eigenvalue weighted by Crippen LogP contribution is 2.22. The molecular weight excluding hydrogens is 266 g/mol. The van der Waals surface area contributed by atoms with Crippen molar-refractivity contribution in [1.29, 1.82) is 0 Å². The molecule has 0 spiro atoms. The molecule has 0 atom stereocenters. The third kappa shape index (κ3) is 2.35. The van der Waals surface area contributed by atoms with Gasteiger partial charge in [0.1, 0.15) is 0 Å². The number of imide groups is 1. The van der Waals surface area contributed by atoms with E-state index in [9.17, 15) is 9.59 Å². The van der Waals surface area contributed by atoms with Crippen LogP contribution in [0.1, 0.15) is 29.8 Å². The number of para-hydroxylation sites is 1. The summed E-state index contributed by atoms with van der Waals surface area (Å²) in [6, 6.07) is 9.83. The smallest absolute Gasteiger partial charge is 0.230 e. The Morgan fingerprint density at radius 2 is 1.67 bits per heavy atom. The fourth-order valence-electron chi connectivity index (χ4n) is 2.68. The third-order valence-electron chi connectivity index (χ3n) is 3.91. The van der Waals surface area contributed by atoms with E-state index >= 15 is 0 Å². The van der Waals surface area contributed by atoms with Gasteiger partial charge in [-0.05, 0) is 26.0 Å². The fraction of sp³-hybridized carbons (Fsp3) is 0.312. The molecule has 0 aliphatic carbocycles. The van der Waals surface area contributed by atoms with Crippen LogP contribution >= 0.6 is 0 Å². The lowest BCUT2D eigenvalue weighted by Gasteiger charge is -2.14. The molecule has 1 saturated heterocycles. The van der Waals surface area contributed by atoms with Crippen LogP contribution in [-0.2, 0) is 16.1 Å². The fourth-order valence-corrected chi connectivity index (χ4v) is 2.68. The normalized spacial score (nSPS) is 15.0. The molecule has 1 aromatic heterocycles. The molecule has 0 N–H and O–H groups in total. The largest absolute Gasteiger partial charge is 0.278 e. The molecule has 21 heavy (non-hydrogen) atoms. The van der Waals surface area contributed by atoms with Crippen molar-refractivity contribution in [2.45, 2.75) is 33.2 Å². The summed E-state index contributed by atoms with van der Waals surface area (Å²) >= 11 is 0. The Labute approximate surface area is 123 Å².